The summed E-state index contributed by atoms with van der Waals surface area (Å²) in [6, 6.07) is 0. The van der Waals surface area contributed by atoms with E-state index in [-0.39, 0.29) is 11.8 Å². The Morgan fingerprint density at radius 3 is 2.67 bits per heavy atom. The van der Waals surface area contributed by atoms with Crippen molar-refractivity contribution in [2.45, 2.75) is 20.3 Å². The third kappa shape index (κ3) is 2.08. The van der Waals surface area contributed by atoms with Gasteiger partial charge < -0.3 is 10.6 Å². The molecule has 0 aromatic rings. The normalized spacial score (nSPS) is 18.7. The largest absolute Gasteiger partial charge is 0.330 e. The molecule has 0 radical (unpaired) electrons. The van der Waals surface area contributed by atoms with E-state index < -0.39 is 0 Å². The molecule has 0 spiro atoms. The first-order valence-corrected chi connectivity index (χ1v) is 4.44. The van der Waals surface area contributed by atoms with Crippen LogP contribution >= 0.6 is 0 Å². The van der Waals surface area contributed by atoms with Crippen LogP contribution in [-0.4, -0.2) is 19.0 Å². The van der Waals surface area contributed by atoms with E-state index in [0.717, 1.165) is 25.2 Å². The highest BCUT2D eigenvalue weighted by atomic mass is 16.2. The van der Waals surface area contributed by atoms with Crippen molar-refractivity contribution in [3.63, 3.8) is 0 Å². The molecule has 1 fully saturated rings. The fourth-order valence-corrected chi connectivity index (χ4v) is 1.10. The zero-order chi connectivity index (χ0) is 8.97. The highest BCUT2D eigenvalue weighted by molar-refractivity contribution is 5.81. The third-order valence-corrected chi connectivity index (χ3v) is 2.17. The van der Waals surface area contributed by atoms with Crippen LogP contribution in [0.5, 0.6) is 0 Å². The summed E-state index contributed by atoms with van der Waals surface area (Å²) in [7, 11) is 0. The van der Waals surface area contributed by atoms with Crippen LogP contribution in [0.25, 0.3) is 0 Å². The van der Waals surface area contributed by atoms with Gasteiger partial charge in [-0.05, 0) is 13.3 Å². The number of carbonyl (C=O) groups excluding carboxylic acids is 1. The molecule has 0 unspecified atom stereocenters. The lowest BCUT2D eigenvalue weighted by Crippen LogP contribution is -2.50. The molecule has 0 bridgehead atoms. The standard InChI is InChI=1S/C9H16N2O/c1-3-8(4-2)11-9(12)7-5-10-6-7/h3,7,10H,4-6H2,1-2H3,(H,11,12). The van der Waals surface area contributed by atoms with Crippen LogP contribution in [0.2, 0.25) is 0 Å². The first kappa shape index (κ1) is 9.26. The number of hydrogen-bond donors (Lipinski definition) is 2. The van der Waals surface area contributed by atoms with E-state index in [1.807, 2.05) is 19.9 Å². The molecule has 0 atom stereocenters. The van der Waals surface area contributed by atoms with Crippen molar-refractivity contribution >= 4 is 5.91 Å². The molecule has 12 heavy (non-hydrogen) atoms. The van der Waals surface area contributed by atoms with E-state index in [0.29, 0.717) is 0 Å². The summed E-state index contributed by atoms with van der Waals surface area (Å²) >= 11 is 0. The van der Waals surface area contributed by atoms with Gasteiger partial charge in [0.2, 0.25) is 5.91 Å². The van der Waals surface area contributed by atoms with Gasteiger partial charge in [-0.25, -0.2) is 0 Å². The second-order valence-corrected chi connectivity index (χ2v) is 3.01. The zero-order valence-electron chi connectivity index (χ0n) is 7.68. The van der Waals surface area contributed by atoms with Crippen LogP contribution in [0.1, 0.15) is 20.3 Å². The molecule has 0 aliphatic carbocycles. The van der Waals surface area contributed by atoms with E-state index in [9.17, 15) is 4.79 Å². The molecular weight excluding hydrogens is 152 g/mol. The second-order valence-electron chi connectivity index (χ2n) is 3.01. The molecule has 0 aromatic heterocycles. The number of rotatable bonds is 3. The van der Waals surface area contributed by atoms with Gasteiger partial charge in [0.1, 0.15) is 0 Å². The molecule has 1 amide bonds. The zero-order valence-corrected chi connectivity index (χ0v) is 7.68. The molecule has 3 nitrogen and oxygen atoms in total. The Morgan fingerprint density at radius 1 is 1.67 bits per heavy atom. The minimum absolute atomic E-state index is 0.156. The minimum Gasteiger partial charge on any atom is -0.330 e. The van der Waals surface area contributed by atoms with Crippen molar-refractivity contribution in [1.82, 2.24) is 10.6 Å². The van der Waals surface area contributed by atoms with Gasteiger partial charge in [-0.1, -0.05) is 13.0 Å². The van der Waals surface area contributed by atoms with E-state index in [2.05, 4.69) is 10.6 Å². The van der Waals surface area contributed by atoms with E-state index >= 15 is 0 Å². The Kier molecular flexibility index (Phi) is 3.29. The number of nitrogens with one attached hydrogen (secondary N) is 2. The van der Waals surface area contributed by atoms with Crippen molar-refractivity contribution in [2.24, 2.45) is 5.92 Å². The van der Waals surface area contributed by atoms with Gasteiger partial charge in [-0.2, -0.15) is 0 Å². The first-order chi connectivity index (χ1) is 5.77. The van der Waals surface area contributed by atoms with Gasteiger partial charge in [0.05, 0.1) is 5.92 Å². The molecule has 1 heterocycles. The van der Waals surface area contributed by atoms with Crippen molar-refractivity contribution in [1.29, 1.82) is 0 Å². The maximum absolute atomic E-state index is 11.4. The van der Waals surface area contributed by atoms with E-state index in [1.165, 1.54) is 0 Å². The van der Waals surface area contributed by atoms with Crippen LogP contribution in [0.4, 0.5) is 0 Å². The highest BCUT2D eigenvalue weighted by Crippen LogP contribution is 2.04. The van der Waals surface area contributed by atoms with Gasteiger partial charge in [0.15, 0.2) is 0 Å². The number of hydrogen-bond acceptors (Lipinski definition) is 2. The van der Waals surface area contributed by atoms with E-state index in [4.69, 9.17) is 0 Å². The summed E-state index contributed by atoms with van der Waals surface area (Å²) in [5, 5.41) is 5.97. The molecule has 0 aromatic carbocycles. The molecule has 1 aliphatic rings. The molecule has 68 valence electrons. The molecule has 1 rings (SSSR count). The second kappa shape index (κ2) is 4.26. The van der Waals surface area contributed by atoms with Gasteiger partial charge in [0, 0.05) is 18.8 Å². The van der Waals surface area contributed by atoms with Gasteiger partial charge in [0.25, 0.3) is 0 Å². The van der Waals surface area contributed by atoms with Gasteiger partial charge in [-0.3, -0.25) is 4.79 Å². The fourth-order valence-electron chi connectivity index (χ4n) is 1.10. The lowest BCUT2D eigenvalue weighted by Gasteiger charge is -2.26. The molecular formula is C9H16N2O. The average Bonchev–Trinajstić information content (AvgIpc) is 1.96. The Morgan fingerprint density at radius 2 is 2.33 bits per heavy atom. The summed E-state index contributed by atoms with van der Waals surface area (Å²) in [4.78, 5) is 11.4. The topological polar surface area (TPSA) is 41.1 Å². The lowest BCUT2D eigenvalue weighted by atomic mass is 10.0. The summed E-state index contributed by atoms with van der Waals surface area (Å²) < 4.78 is 0. The Balaban J connectivity index is 2.33. The van der Waals surface area contributed by atoms with E-state index in [1.54, 1.807) is 0 Å². The van der Waals surface area contributed by atoms with Crippen LogP contribution in [0.3, 0.4) is 0 Å². The van der Waals surface area contributed by atoms with Crippen LogP contribution in [0.15, 0.2) is 11.8 Å². The molecule has 1 saturated heterocycles. The average molecular weight is 168 g/mol. The number of carbonyl (C=O) groups is 1. The van der Waals surface area contributed by atoms with Crippen molar-refractivity contribution in [2.75, 3.05) is 13.1 Å². The smallest absolute Gasteiger partial charge is 0.229 e. The molecule has 0 saturated carbocycles. The predicted octanol–water partition coefficient (Wildman–Crippen LogP) is 0.636. The monoisotopic (exact) mass is 168 g/mol. The summed E-state index contributed by atoms with van der Waals surface area (Å²) in [6.07, 6.45) is 2.84. The fraction of sp³-hybridized carbons (Fsp3) is 0.667. The lowest BCUT2D eigenvalue weighted by molar-refractivity contribution is -0.125. The SMILES string of the molecule is CC=C(CC)NC(=O)C1CNC1. The van der Waals surface area contributed by atoms with Crippen LogP contribution in [-0.2, 0) is 4.79 Å². The predicted molar refractivity (Wildman–Crippen MR) is 48.6 cm³/mol. The van der Waals surface area contributed by atoms with Gasteiger partial charge >= 0.3 is 0 Å². The number of allylic oxidation sites excluding steroid dienone is 2. The molecule has 1 aliphatic heterocycles. The van der Waals surface area contributed by atoms with Crippen molar-refractivity contribution in [3.05, 3.63) is 11.8 Å². The van der Waals surface area contributed by atoms with Crippen LogP contribution in [0, 0.1) is 5.92 Å². The maximum Gasteiger partial charge on any atom is 0.229 e. The maximum atomic E-state index is 11.4. The van der Waals surface area contributed by atoms with Crippen molar-refractivity contribution < 1.29 is 4.79 Å². The summed E-state index contributed by atoms with van der Waals surface area (Å²) in [5.74, 6) is 0.343. The highest BCUT2D eigenvalue weighted by Gasteiger charge is 2.24. The quantitative estimate of drug-likeness (QED) is 0.649. The minimum atomic E-state index is 0.156. The number of amides is 1. The molecule has 2 N–H and O–H groups in total. The Bertz CT molecular complexity index is 195. The molecule has 3 heteroatoms. The van der Waals surface area contributed by atoms with Crippen LogP contribution < -0.4 is 10.6 Å². The summed E-state index contributed by atoms with van der Waals surface area (Å²) in [6.45, 7) is 5.63. The van der Waals surface area contributed by atoms with Crippen molar-refractivity contribution in [3.8, 4) is 0 Å². The first-order valence-electron chi connectivity index (χ1n) is 4.44. The Hall–Kier alpha value is -0.830. The van der Waals surface area contributed by atoms with Gasteiger partial charge in [-0.15, -0.1) is 0 Å². The third-order valence-electron chi connectivity index (χ3n) is 2.17. The summed E-state index contributed by atoms with van der Waals surface area (Å²) in [5.41, 5.74) is 1.02. The Labute approximate surface area is 73.2 Å².